The fourth-order valence-electron chi connectivity index (χ4n) is 3.69. The summed E-state index contributed by atoms with van der Waals surface area (Å²) in [6.45, 7) is 3.95. The van der Waals surface area contributed by atoms with Crippen molar-refractivity contribution in [3.8, 4) is 5.75 Å². The van der Waals surface area contributed by atoms with Crippen LogP contribution in [-0.4, -0.2) is 50.6 Å². The summed E-state index contributed by atoms with van der Waals surface area (Å²) in [4.78, 5) is 16.9. The van der Waals surface area contributed by atoms with Crippen LogP contribution in [0.5, 0.6) is 5.75 Å². The number of anilines is 1. The van der Waals surface area contributed by atoms with Crippen LogP contribution in [0.15, 0.2) is 42.5 Å². The second kappa shape index (κ2) is 7.56. The lowest BCUT2D eigenvalue weighted by Crippen LogP contribution is -2.44. The Morgan fingerprint density at radius 3 is 2.70 bits per heavy atom. The summed E-state index contributed by atoms with van der Waals surface area (Å²) in [6.07, 6.45) is 0.699. The van der Waals surface area contributed by atoms with Crippen LogP contribution in [0.3, 0.4) is 0 Å². The van der Waals surface area contributed by atoms with E-state index in [4.69, 9.17) is 4.74 Å². The Kier molecular flexibility index (Phi) is 4.99. The van der Waals surface area contributed by atoms with Crippen molar-refractivity contribution in [1.82, 2.24) is 10.2 Å². The van der Waals surface area contributed by atoms with Crippen molar-refractivity contribution in [1.29, 1.82) is 0 Å². The van der Waals surface area contributed by atoms with Crippen LogP contribution in [0.4, 0.5) is 10.1 Å². The zero-order valence-electron chi connectivity index (χ0n) is 15.5. The van der Waals surface area contributed by atoms with E-state index in [1.54, 1.807) is 12.1 Å². The van der Waals surface area contributed by atoms with Crippen molar-refractivity contribution >= 4 is 11.6 Å². The molecule has 2 heterocycles. The molecule has 0 aliphatic carbocycles. The molecule has 0 bridgehead atoms. The number of benzene rings is 2. The maximum absolute atomic E-state index is 14.7. The number of carbonyl (C=O) groups is 1. The number of ether oxygens (including phenoxy) is 1. The van der Waals surface area contributed by atoms with Gasteiger partial charge in [-0.15, -0.1) is 0 Å². The first kappa shape index (κ1) is 17.8. The fraction of sp³-hybridized carbons (Fsp3) is 0.381. The first-order valence-corrected chi connectivity index (χ1v) is 9.37. The van der Waals surface area contributed by atoms with E-state index in [1.165, 1.54) is 6.07 Å². The Morgan fingerprint density at radius 1 is 1.15 bits per heavy atom. The van der Waals surface area contributed by atoms with E-state index in [0.717, 1.165) is 37.5 Å². The van der Waals surface area contributed by atoms with E-state index in [1.807, 2.05) is 29.2 Å². The van der Waals surface area contributed by atoms with Gasteiger partial charge in [0, 0.05) is 43.7 Å². The van der Waals surface area contributed by atoms with E-state index < -0.39 is 0 Å². The van der Waals surface area contributed by atoms with Crippen molar-refractivity contribution in [3.05, 3.63) is 59.4 Å². The maximum Gasteiger partial charge on any atom is 0.251 e. The molecule has 1 fully saturated rings. The summed E-state index contributed by atoms with van der Waals surface area (Å²) < 4.78 is 20.3. The topological polar surface area (TPSA) is 44.8 Å². The summed E-state index contributed by atoms with van der Waals surface area (Å²) in [7, 11) is 2.07. The van der Waals surface area contributed by atoms with Gasteiger partial charge < -0.3 is 19.9 Å². The monoisotopic (exact) mass is 369 g/mol. The molecule has 4 rings (SSSR count). The number of para-hydroxylation sites is 1. The molecule has 2 aromatic carbocycles. The molecule has 142 valence electrons. The van der Waals surface area contributed by atoms with Gasteiger partial charge in [-0.3, -0.25) is 4.79 Å². The molecular formula is C21H24FN3O2. The number of hydrogen-bond acceptors (Lipinski definition) is 4. The molecule has 6 heteroatoms. The lowest BCUT2D eigenvalue weighted by Gasteiger charge is -2.34. The van der Waals surface area contributed by atoms with Crippen LogP contribution >= 0.6 is 0 Å². The highest BCUT2D eigenvalue weighted by molar-refractivity contribution is 5.95. The smallest absolute Gasteiger partial charge is 0.251 e. The summed E-state index contributed by atoms with van der Waals surface area (Å²) in [5.74, 6) is 0.186. The molecule has 0 saturated carbocycles. The molecule has 2 aliphatic rings. The first-order valence-electron chi connectivity index (χ1n) is 9.37. The fourth-order valence-corrected chi connectivity index (χ4v) is 3.69. The first-order chi connectivity index (χ1) is 13.1. The molecule has 1 saturated heterocycles. The van der Waals surface area contributed by atoms with Gasteiger partial charge in [-0.1, -0.05) is 18.2 Å². The van der Waals surface area contributed by atoms with Crippen molar-refractivity contribution in [2.75, 3.05) is 44.7 Å². The second-order valence-corrected chi connectivity index (χ2v) is 7.16. The van der Waals surface area contributed by atoms with Crippen molar-refractivity contribution in [3.63, 3.8) is 0 Å². The molecule has 1 amide bonds. The van der Waals surface area contributed by atoms with Gasteiger partial charge >= 0.3 is 0 Å². The molecule has 1 N–H and O–H groups in total. The van der Waals surface area contributed by atoms with Crippen LogP contribution in [0.2, 0.25) is 0 Å². The number of likely N-dealkylation sites (N-methyl/N-ethyl adjacent to an activating group) is 1. The minimum absolute atomic E-state index is 0.122. The Balaban J connectivity index is 1.48. The normalized spacial score (nSPS) is 19.9. The van der Waals surface area contributed by atoms with Crippen LogP contribution in [-0.2, 0) is 0 Å². The standard InChI is InChI=1S/C21H24FN3O2/c1-24-9-11-25(12-10-24)19-7-6-15(14-17(19)22)21(26)23-18-8-13-27-20-5-3-2-4-16(18)20/h2-7,14,18H,8-13H2,1H3,(H,23,26)/t18-/m1/s1. The predicted molar refractivity (Wildman–Crippen MR) is 103 cm³/mol. The van der Waals surface area contributed by atoms with Crippen molar-refractivity contribution in [2.45, 2.75) is 12.5 Å². The minimum Gasteiger partial charge on any atom is -0.493 e. The molecule has 2 aliphatic heterocycles. The Morgan fingerprint density at radius 2 is 1.93 bits per heavy atom. The Bertz CT molecular complexity index is 834. The number of rotatable bonds is 3. The number of hydrogen-bond donors (Lipinski definition) is 1. The summed E-state index contributed by atoms with van der Waals surface area (Å²) in [5, 5.41) is 3.02. The van der Waals surface area contributed by atoms with E-state index in [2.05, 4.69) is 17.3 Å². The quantitative estimate of drug-likeness (QED) is 0.904. The van der Waals surface area contributed by atoms with Gasteiger partial charge in [-0.2, -0.15) is 0 Å². The SMILES string of the molecule is CN1CCN(c2ccc(C(=O)N[C@@H]3CCOc4ccccc43)cc2F)CC1. The number of fused-ring (bicyclic) bond motifs is 1. The van der Waals surface area contributed by atoms with E-state index in [0.29, 0.717) is 24.3 Å². The van der Waals surface area contributed by atoms with Crippen LogP contribution in [0.1, 0.15) is 28.4 Å². The molecule has 0 spiro atoms. The van der Waals surface area contributed by atoms with Gasteiger partial charge in [0.25, 0.3) is 5.91 Å². The number of amides is 1. The highest BCUT2D eigenvalue weighted by atomic mass is 19.1. The third-order valence-corrected chi connectivity index (χ3v) is 5.32. The van der Waals surface area contributed by atoms with E-state index in [-0.39, 0.29) is 17.8 Å². The number of carbonyl (C=O) groups excluding carboxylic acids is 1. The third-order valence-electron chi connectivity index (χ3n) is 5.32. The summed E-state index contributed by atoms with van der Waals surface area (Å²) >= 11 is 0. The largest absolute Gasteiger partial charge is 0.493 e. The van der Waals surface area contributed by atoms with E-state index in [9.17, 15) is 9.18 Å². The van der Waals surface area contributed by atoms with Crippen LogP contribution in [0, 0.1) is 5.82 Å². The molecule has 2 aromatic rings. The van der Waals surface area contributed by atoms with Gasteiger partial charge in [0.05, 0.1) is 18.3 Å². The predicted octanol–water partition coefficient (Wildman–Crippen LogP) is 2.83. The summed E-state index contributed by atoms with van der Waals surface area (Å²) in [6, 6.07) is 12.3. The average Bonchev–Trinajstić information content (AvgIpc) is 2.69. The Hall–Kier alpha value is -2.60. The van der Waals surface area contributed by atoms with Gasteiger partial charge in [0.1, 0.15) is 11.6 Å². The molecular weight excluding hydrogens is 345 g/mol. The summed E-state index contributed by atoms with van der Waals surface area (Å²) in [5.41, 5.74) is 1.87. The second-order valence-electron chi connectivity index (χ2n) is 7.16. The average molecular weight is 369 g/mol. The zero-order valence-corrected chi connectivity index (χ0v) is 15.5. The van der Waals surface area contributed by atoms with Gasteiger partial charge in [-0.05, 0) is 31.3 Å². The number of nitrogens with zero attached hydrogens (tertiary/aromatic N) is 2. The molecule has 0 unspecified atom stereocenters. The lowest BCUT2D eigenvalue weighted by molar-refractivity contribution is 0.0924. The number of nitrogens with one attached hydrogen (secondary N) is 1. The van der Waals surface area contributed by atoms with Gasteiger partial charge in [0.2, 0.25) is 0 Å². The van der Waals surface area contributed by atoms with Crippen LogP contribution < -0.4 is 15.0 Å². The zero-order chi connectivity index (χ0) is 18.8. The van der Waals surface area contributed by atoms with Crippen LogP contribution in [0.25, 0.3) is 0 Å². The van der Waals surface area contributed by atoms with Gasteiger partial charge in [-0.25, -0.2) is 4.39 Å². The molecule has 0 aromatic heterocycles. The van der Waals surface area contributed by atoms with Crippen molar-refractivity contribution in [2.24, 2.45) is 0 Å². The molecule has 1 atom stereocenters. The Labute approximate surface area is 158 Å². The highest BCUT2D eigenvalue weighted by Crippen LogP contribution is 2.32. The third kappa shape index (κ3) is 3.76. The highest BCUT2D eigenvalue weighted by Gasteiger charge is 2.24. The number of piperazine rings is 1. The molecule has 0 radical (unpaired) electrons. The maximum atomic E-state index is 14.7. The van der Waals surface area contributed by atoms with Gasteiger partial charge in [0.15, 0.2) is 0 Å². The van der Waals surface area contributed by atoms with E-state index >= 15 is 0 Å². The lowest BCUT2D eigenvalue weighted by atomic mass is 10.00. The molecule has 27 heavy (non-hydrogen) atoms. The minimum atomic E-state index is -0.348. The number of halogens is 1. The van der Waals surface area contributed by atoms with Crippen molar-refractivity contribution < 1.29 is 13.9 Å². The molecule has 5 nitrogen and oxygen atoms in total.